The molecule has 0 unspecified atom stereocenters. The van der Waals surface area contributed by atoms with Gasteiger partial charge in [-0.15, -0.1) is 10.2 Å². The number of nitrogen functional groups attached to an aromatic ring is 1. The molecule has 4 N–H and O–H groups in total. The van der Waals surface area contributed by atoms with Crippen LogP contribution in [-0.2, 0) is 14.3 Å². The van der Waals surface area contributed by atoms with Gasteiger partial charge in [0.25, 0.3) is 0 Å². The van der Waals surface area contributed by atoms with Crippen LogP contribution in [0.2, 0.25) is 0 Å². The molecule has 0 spiro atoms. The van der Waals surface area contributed by atoms with Crippen molar-refractivity contribution in [3.05, 3.63) is 78.4 Å². The smallest absolute Gasteiger partial charge is 0.319 e. The average molecular weight is 872 g/mol. The third kappa shape index (κ3) is 8.19. The van der Waals surface area contributed by atoms with Crippen LogP contribution in [0.15, 0.2) is 72.8 Å². The Balaban J connectivity index is 0.722. The van der Waals surface area contributed by atoms with Crippen molar-refractivity contribution in [1.29, 1.82) is 0 Å². The number of nitrogens with zero attached hydrogens (tertiary/aromatic N) is 7. The van der Waals surface area contributed by atoms with E-state index < -0.39 is 0 Å². The second kappa shape index (κ2) is 17.7. The molecule has 0 radical (unpaired) electrons. The largest absolute Gasteiger partial charge is 0.507 e. The summed E-state index contributed by atoms with van der Waals surface area (Å²) < 4.78 is 18.9. The van der Waals surface area contributed by atoms with Gasteiger partial charge in [0, 0.05) is 75.8 Å². The highest BCUT2D eigenvalue weighted by Crippen LogP contribution is 2.45. The summed E-state index contributed by atoms with van der Waals surface area (Å²) in [6.45, 7) is 4.87. The van der Waals surface area contributed by atoms with Crippen molar-refractivity contribution in [2.45, 2.75) is 87.6 Å². The summed E-state index contributed by atoms with van der Waals surface area (Å²) in [5.74, 6) is 2.02. The monoisotopic (exact) mass is 871 g/mol. The molecule has 4 saturated heterocycles. The van der Waals surface area contributed by atoms with Crippen LogP contribution in [-0.4, -0.2) is 133 Å². The molecule has 16 heteroatoms. The van der Waals surface area contributed by atoms with E-state index in [-0.39, 0.29) is 53.9 Å². The number of piperazine rings is 1. The molecule has 1 aliphatic carbocycles. The lowest BCUT2D eigenvalue weighted by Gasteiger charge is -2.51. The Kier molecular flexibility index (Phi) is 11.5. The second-order valence-electron chi connectivity index (χ2n) is 18.1. The number of hydrogen-bond acceptors (Lipinski definition) is 13. The van der Waals surface area contributed by atoms with Crippen LogP contribution < -0.4 is 35.2 Å². The van der Waals surface area contributed by atoms with Gasteiger partial charge in [-0.25, -0.2) is 4.79 Å². The third-order valence-corrected chi connectivity index (χ3v) is 14.2. The quantitative estimate of drug-likeness (QED) is 0.198. The number of nitrogens with two attached hydrogens (primary N) is 1. The molecule has 3 atom stereocenters. The van der Waals surface area contributed by atoms with E-state index in [0.717, 1.165) is 67.1 Å². The summed E-state index contributed by atoms with van der Waals surface area (Å²) in [6.07, 6.45) is 6.06. The Bertz CT molecular complexity index is 2370. The number of ether oxygens (including phenoxy) is 3. The van der Waals surface area contributed by atoms with Gasteiger partial charge in [-0.05, 0) is 80.0 Å². The number of aromatic hydroxyl groups is 1. The fourth-order valence-corrected chi connectivity index (χ4v) is 10.9. The Hall–Kier alpha value is -6.29. The Morgan fingerprint density at radius 2 is 1.64 bits per heavy atom. The number of hydrogen-bond donors (Lipinski definition) is 3. The number of fused-ring (bicyclic) bond motifs is 3. The van der Waals surface area contributed by atoms with Crippen LogP contribution in [0.25, 0.3) is 11.3 Å². The van der Waals surface area contributed by atoms with Crippen LogP contribution in [0.3, 0.4) is 0 Å². The van der Waals surface area contributed by atoms with Crippen molar-refractivity contribution in [3.63, 3.8) is 0 Å². The number of urea groups is 1. The predicted molar refractivity (Wildman–Crippen MR) is 242 cm³/mol. The van der Waals surface area contributed by atoms with Crippen molar-refractivity contribution in [2.75, 3.05) is 80.0 Å². The lowest BCUT2D eigenvalue weighted by atomic mass is 9.80. The van der Waals surface area contributed by atoms with E-state index in [0.29, 0.717) is 88.4 Å². The van der Waals surface area contributed by atoms with Crippen molar-refractivity contribution < 1.29 is 33.7 Å². The molecule has 2 bridgehead atoms. The first kappa shape index (κ1) is 41.7. The molecular formula is C48H57N9O7. The lowest BCUT2D eigenvalue weighted by Crippen LogP contribution is -2.65. The summed E-state index contributed by atoms with van der Waals surface area (Å²) >= 11 is 0. The maximum absolute atomic E-state index is 13.9. The number of aromatic nitrogens is 2. The molecular weight excluding hydrogens is 815 g/mol. The molecule has 4 amide bonds. The molecule has 5 fully saturated rings. The summed E-state index contributed by atoms with van der Waals surface area (Å²) in [6, 6.07) is 23.6. The highest BCUT2D eigenvalue weighted by molar-refractivity contribution is 6.02. The first-order valence-corrected chi connectivity index (χ1v) is 22.9. The summed E-state index contributed by atoms with van der Waals surface area (Å²) in [4.78, 5) is 49.2. The Morgan fingerprint density at radius 3 is 2.41 bits per heavy atom. The van der Waals surface area contributed by atoms with E-state index in [9.17, 15) is 19.5 Å². The molecule has 1 aromatic heterocycles. The third-order valence-electron chi connectivity index (χ3n) is 14.2. The fraction of sp³-hybridized carbons (Fsp3) is 0.479. The number of imide groups is 1. The number of para-hydroxylation sites is 2. The number of anilines is 4. The molecule has 4 aromatic rings. The molecule has 6 heterocycles. The number of benzene rings is 3. The van der Waals surface area contributed by atoms with Gasteiger partial charge in [-0.3, -0.25) is 14.9 Å². The number of piperidine rings is 2. The molecule has 16 nitrogen and oxygen atoms in total. The van der Waals surface area contributed by atoms with Crippen LogP contribution in [0, 0.1) is 0 Å². The second-order valence-corrected chi connectivity index (χ2v) is 18.1. The molecule has 6 aliphatic rings. The van der Waals surface area contributed by atoms with Crippen molar-refractivity contribution in [2.24, 2.45) is 0 Å². The van der Waals surface area contributed by atoms with Gasteiger partial charge >= 0.3 is 6.03 Å². The number of amides is 4. The van der Waals surface area contributed by atoms with Gasteiger partial charge in [-0.2, -0.15) is 0 Å². The number of likely N-dealkylation sites (tertiary alicyclic amines) is 1. The van der Waals surface area contributed by atoms with Crippen LogP contribution in [0.1, 0.15) is 62.8 Å². The number of rotatable bonds is 8. The zero-order chi connectivity index (χ0) is 43.9. The maximum Gasteiger partial charge on any atom is 0.319 e. The molecule has 10 rings (SSSR count). The average Bonchev–Trinajstić information content (AvgIpc) is 3.31. The van der Waals surface area contributed by atoms with Gasteiger partial charge in [0.05, 0.1) is 48.9 Å². The van der Waals surface area contributed by atoms with Crippen LogP contribution in [0.4, 0.5) is 27.7 Å². The molecule has 3 aromatic carbocycles. The summed E-state index contributed by atoms with van der Waals surface area (Å²) in [5.41, 5.74) is 11.5. The van der Waals surface area contributed by atoms with E-state index in [1.165, 1.54) is 5.56 Å². The van der Waals surface area contributed by atoms with E-state index in [1.54, 1.807) is 12.1 Å². The van der Waals surface area contributed by atoms with Gasteiger partial charge in [0.2, 0.25) is 11.8 Å². The highest BCUT2D eigenvalue weighted by Gasteiger charge is 2.40. The minimum atomic E-state index is -0.379. The standard InChI is InChI=1S/C48H57N9O7/c1-53(31-14-12-30(13-15-31)37-9-5-10-40-45(37)63-23-22-56(40)41-16-17-44(59)50-47(41)60)48(61)54-20-18-35(19-21-54)64-36-7-4-6-32(24-36)57-33-26-55(27-34(57)29-62-28-33)42-25-39(51-52-46(42)49)38-8-2-3-11-43(38)58/h2-11,24-25,30-31,33-35,41,58H,12-23,26-29H2,1H3,(H2,49,52)(H,50,59,60)/t30?,31?,33-,34+,41-/m1/s1. The molecule has 5 aliphatic heterocycles. The Morgan fingerprint density at radius 1 is 0.875 bits per heavy atom. The molecule has 1 saturated carbocycles. The highest BCUT2D eigenvalue weighted by atomic mass is 16.5. The summed E-state index contributed by atoms with van der Waals surface area (Å²) in [7, 11) is 1.95. The first-order valence-electron chi connectivity index (χ1n) is 22.9. The SMILES string of the molecule is CN(C(=O)N1CCC(Oc2cccc(N3[C@@H]4COC[C@H]3CN(c3cc(-c5ccccc5O)nnc3N)C4)c2)CC1)C1CCC(c2cccc3c2OCCN3[C@@H]2CCC(=O)NC2=O)CC1. The van der Waals surface area contributed by atoms with E-state index in [4.69, 9.17) is 19.9 Å². The summed E-state index contributed by atoms with van der Waals surface area (Å²) in [5, 5.41) is 21.5. The number of carbonyl (C=O) groups is 3. The zero-order valence-electron chi connectivity index (χ0n) is 36.3. The van der Waals surface area contributed by atoms with E-state index in [1.807, 2.05) is 53.2 Å². The Labute approximate surface area is 373 Å². The predicted octanol–water partition coefficient (Wildman–Crippen LogP) is 5.15. The topological polar surface area (TPSA) is 179 Å². The number of carbonyl (C=O) groups excluding carboxylic acids is 3. The first-order chi connectivity index (χ1) is 31.2. The fourth-order valence-electron chi connectivity index (χ4n) is 10.9. The number of phenolic OH excluding ortho intramolecular Hbond substituents is 1. The normalized spacial score (nSPS) is 25.0. The van der Waals surface area contributed by atoms with E-state index in [2.05, 4.69) is 54.5 Å². The van der Waals surface area contributed by atoms with Crippen molar-refractivity contribution >= 4 is 40.7 Å². The molecule has 336 valence electrons. The lowest BCUT2D eigenvalue weighted by molar-refractivity contribution is -0.134. The van der Waals surface area contributed by atoms with E-state index >= 15 is 0 Å². The minimum absolute atomic E-state index is 0.00469. The number of nitrogens with one attached hydrogen (secondary N) is 1. The van der Waals surface area contributed by atoms with Gasteiger partial charge < -0.3 is 49.6 Å². The van der Waals surface area contributed by atoms with Crippen LogP contribution in [0.5, 0.6) is 17.2 Å². The zero-order valence-corrected chi connectivity index (χ0v) is 36.3. The molecule has 64 heavy (non-hydrogen) atoms. The van der Waals surface area contributed by atoms with Crippen molar-refractivity contribution in [3.8, 4) is 28.5 Å². The van der Waals surface area contributed by atoms with Crippen molar-refractivity contribution in [1.82, 2.24) is 25.3 Å². The van der Waals surface area contributed by atoms with Gasteiger partial charge in [0.1, 0.15) is 36.0 Å². The van der Waals surface area contributed by atoms with Gasteiger partial charge in [-0.1, -0.05) is 30.3 Å². The van der Waals surface area contributed by atoms with Crippen LogP contribution >= 0.6 is 0 Å². The maximum atomic E-state index is 13.9. The van der Waals surface area contributed by atoms with Gasteiger partial charge in [0.15, 0.2) is 5.82 Å². The number of morpholine rings is 1. The number of phenols is 1. The minimum Gasteiger partial charge on any atom is -0.507 e.